The van der Waals surface area contributed by atoms with Gasteiger partial charge in [0.1, 0.15) is 11.5 Å². The van der Waals surface area contributed by atoms with E-state index in [2.05, 4.69) is 0 Å². The molecule has 0 radical (unpaired) electrons. The van der Waals surface area contributed by atoms with E-state index in [-0.39, 0.29) is 23.0 Å². The van der Waals surface area contributed by atoms with Gasteiger partial charge in [0, 0.05) is 34.3 Å². The van der Waals surface area contributed by atoms with Crippen LogP contribution < -0.4 is 0 Å². The maximum Gasteiger partial charge on any atom is 0.179 e. The quantitative estimate of drug-likeness (QED) is 0.517. The number of nitrogens with zero attached hydrogens (tertiary/aromatic N) is 1. The van der Waals surface area contributed by atoms with Gasteiger partial charge in [0.2, 0.25) is 0 Å². The Balaban J connectivity index is 2.90. The molecule has 0 saturated heterocycles. The molecule has 1 N–H and O–H groups in total. The second-order valence-electron chi connectivity index (χ2n) is 5.28. The van der Waals surface area contributed by atoms with Crippen molar-refractivity contribution in [1.82, 2.24) is 4.57 Å². The second kappa shape index (κ2) is 5.93. The summed E-state index contributed by atoms with van der Waals surface area (Å²) in [6.45, 7) is 8.07. The SMILES string of the molecule is CC(=O)/C(=C(/C)O)n1c(C)c(C(C)=O)c(-c2cccs2)c1C. The predicted molar refractivity (Wildman–Crippen MR) is 89.4 cm³/mol. The van der Waals surface area contributed by atoms with Gasteiger partial charge in [0.05, 0.1) is 0 Å². The predicted octanol–water partition coefficient (Wildman–Crippen LogP) is 4.37. The molecule has 0 bridgehead atoms. The number of hydrogen-bond donors (Lipinski definition) is 1. The van der Waals surface area contributed by atoms with Gasteiger partial charge in [-0.1, -0.05) is 6.07 Å². The molecule has 5 heteroatoms. The van der Waals surface area contributed by atoms with Crippen LogP contribution in [0.15, 0.2) is 23.3 Å². The molecule has 0 amide bonds. The fourth-order valence-electron chi connectivity index (χ4n) is 2.90. The summed E-state index contributed by atoms with van der Waals surface area (Å²) < 4.78 is 1.68. The third-order valence-corrected chi connectivity index (χ3v) is 4.55. The minimum Gasteiger partial charge on any atom is -0.510 e. The number of hydrogen-bond acceptors (Lipinski definition) is 4. The van der Waals surface area contributed by atoms with E-state index in [1.54, 1.807) is 22.8 Å². The Labute approximate surface area is 133 Å². The number of Topliss-reactive ketones (excluding diaryl/α,β-unsaturated/α-hetero) is 2. The van der Waals surface area contributed by atoms with Gasteiger partial charge < -0.3 is 9.67 Å². The van der Waals surface area contributed by atoms with Crippen molar-refractivity contribution in [3.05, 3.63) is 40.2 Å². The minimum atomic E-state index is -0.242. The molecule has 0 aromatic carbocycles. The van der Waals surface area contributed by atoms with Crippen LogP contribution in [0.3, 0.4) is 0 Å². The highest BCUT2D eigenvalue weighted by Gasteiger charge is 2.26. The van der Waals surface area contributed by atoms with Gasteiger partial charge in [0.25, 0.3) is 0 Å². The van der Waals surface area contributed by atoms with Gasteiger partial charge in [-0.3, -0.25) is 9.59 Å². The van der Waals surface area contributed by atoms with E-state index in [0.717, 1.165) is 16.1 Å². The number of ketones is 2. The average molecular weight is 317 g/mol. The van der Waals surface area contributed by atoms with Crippen LogP contribution in [0.25, 0.3) is 16.1 Å². The summed E-state index contributed by atoms with van der Waals surface area (Å²) in [7, 11) is 0. The molecule has 0 atom stereocenters. The van der Waals surface area contributed by atoms with Crippen molar-refractivity contribution in [1.29, 1.82) is 0 Å². The van der Waals surface area contributed by atoms with Crippen LogP contribution in [-0.2, 0) is 4.79 Å². The summed E-state index contributed by atoms with van der Waals surface area (Å²) in [5.41, 5.74) is 3.09. The molecule has 0 spiro atoms. The van der Waals surface area contributed by atoms with Gasteiger partial charge in [-0.15, -0.1) is 11.3 Å². The first kappa shape index (κ1) is 16.2. The van der Waals surface area contributed by atoms with Crippen molar-refractivity contribution in [2.75, 3.05) is 0 Å². The van der Waals surface area contributed by atoms with Crippen molar-refractivity contribution in [3.8, 4) is 10.4 Å². The van der Waals surface area contributed by atoms with Crippen LogP contribution in [-0.4, -0.2) is 21.2 Å². The van der Waals surface area contributed by atoms with Crippen LogP contribution >= 0.6 is 11.3 Å². The highest BCUT2D eigenvalue weighted by Crippen LogP contribution is 2.37. The topological polar surface area (TPSA) is 59.3 Å². The number of thiophene rings is 1. The molecule has 0 aliphatic carbocycles. The van der Waals surface area contributed by atoms with Gasteiger partial charge in [-0.25, -0.2) is 0 Å². The van der Waals surface area contributed by atoms with Crippen molar-refractivity contribution >= 4 is 28.6 Å². The van der Waals surface area contributed by atoms with Crippen LogP contribution in [0.2, 0.25) is 0 Å². The van der Waals surface area contributed by atoms with Crippen LogP contribution in [0, 0.1) is 13.8 Å². The Morgan fingerprint density at radius 1 is 1.14 bits per heavy atom. The molecule has 0 aliphatic heterocycles. The second-order valence-corrected chi connectivity index (χ2v) is 6.23. The Bertz CT molecular complexity index is 775. The third kappa shape index (κ3) is 2.52. The van der Waals surface area contributed by atoms with E-state index >= 15 is 0 Å². The van der Waals surface area contributed by atoms with Crippen molar-refractivity contribution < 1.29 is 14.7 Å². The number of carbonyl (C=O) groups excluding carboxylic acids is 2. The number of aliphatic hydroxyl groups excluding tert-OH is 1. The van der Waals surface area contributed by atoms with Crippen LogP contribution in [0.4, 0.5) is 0 Å². The Morgan fingerprint density at radius 3 is 2.18 bits per heavy atom. The zero-order valence-electron chi connectivity index (χ0n) is 13.4. The summed E-state index contributed by atoms with van der Waals surface area (Å²) in [6, 6.07) is 3.88. The Hall–Kier alpha value is -2.14. The largest absolute Gasteiger partial charge is 0.510 e. The molecule has 0 fully saturated rings. The number of allylic oxidation sites excluding steroid dienone is 2. The van der Waals surface area contributed by atoms with E-state index in [4.69, 9.17) is 0 Å². The summed E-state index contributed by atoms with van der Waals surface area (Å²) in [4.78, 5) is 25.1. The first-order chi connectivity index (χ1) is 10.3. The molecular weight excluding hydrogens is 298 g/mol. The summed E-state index contributed by atoms with van der Waals surface area (Å²) in [5.74, 6) is -0.350. The minimum absolute atomic E-state index is 0.0541. The zero-order valence-corrected chi connectivity index (χ0v) is 14.2. The van der Waals surface area contributed by atoms with E-state index in [9.17, 15) is 14.7 Å². The van der Waals surface area contributed by atoms with Crippen LogP contribution in [0.5, 0.6) is 0 Å². The molecule has 2 aromatic heterocycles. The Morgan fingerprint density at radius 2 is 1.77 bits per heavy atom. The van der Waals surface area contributed by atoms with Gasteiger partial charge >= 0.3 is 0 Å². The number of aliphatic hydroxyl groups is 1. The van der Waals surface area contributed by atoms with E-state index in [0.29, 0.717) is 11.3 Å². The van der Waals surface area contributed by atoms with E-state index < -0.39 is 0 Å². The van der Waals surface area contributed by atoms with Crippen molar-refractivity contribution in [2.24, 2.45) is 0 Å². The number of carbonyl (C=O) groups is 2. The van der Waals surface area contributed by atoms with E-state index in [1.165, 1.54) is 20.8 Å². The van der Waals surface area contributed by atoms with Gasteiger partial charge in [-0.2, -0.15) is 0 Å². The lowest BCUT2D eigenvalue weighted by atomic mass is 10.0. The first-order valence-corrected chi connectivity index (χ1v) is 7.83. The number of aromatic nitrogens is 1. The smallest absolute Gasteiger partial charge is 0.179 e. The highest BCUT2D eigenvalue weighted by atomic mass is 32.1. The van der Waals surface area contributed by atoms with Crippen molar-refractivity contribution in [2.45, 2.75) is 34.6 Å². The standard InChI is InChI=1S/C17H19NO3S/c1-9-15(11(3)19)16(14-7-6-8-22-14)10(2)18(9)17(12(4)20)13(5)21/h6-8,20H,1-5H3/b17-12+. The molecule has 2 aromatic rings. The van der Waals surface area contributed by atoms with E-state index in [1.807, 2.05) is 24.4 Å². The molecule has 4 nitrogen and oxygen atoms in total. The lowest BCUT2D eigenvalue weighted by Crippen LogP contribution is -2.11. The maximum atomic E-state index is 12.1. The van der Waals surface area contributed by atoms with Crippen molar-refractivity contribution in [3.63, 3.8) is 0 Å². The summed E-state index contributed by atoms with van der Waals surface area (Å²) in [5, 5.41) is 11.9. The molecule has 2 heterocycles. The summed E-state index contributed by atoms with van der Waals surface area (Å²) >= 11 is 1.54. The molecule has 0 saturated carbocycles. The van der Waals surface area contributed by atoms with Crippen LogP contribution in [0.1, 0.15) is 42.5 Å². The fraction of sp³-hybridized carbons (Fsp3) is 0.294. The molecule has 0 unspecified atom stereocenters. The lowest BCUT2D eigenvalue weighted by Gasteiger charge is -2.12. The molecule has 22 heavy (non-hydrogen) atoms. The molecule has 0 aliphatic rings. The maximum absolute atomic E-state index is 12.1. The summed E-state index contributed by atoms with van der Waals surface area (Å²) in [6.07, 6.45) is 0. The normalized spacial score (nSPS) is 12.2. The Kier molecular flexibility index (Phi) is 4.37. The molecule has 116 valence electrons. The monoisotopic (exact) mass is 317 g/mol. The average Bonchev–Trinajstić information content (AvgIpc) is 2.99. The van der Waals surface area contributed by atoms with Gasteiger partial charge in [-0.05, 0) is 39.1 Å². The molecular formula is C17H19NO3S. The fourth-order valence-corrected chi connectivity index (χ4v) is 3.73. The first-order valence-electron chi connectivity index (χ1n) is 6.95. The molecule has 2 rings (SSSR count). The van der Waals surface area contributed by atoms with Gasteiger partial charge in [0.15, 0.2) is 11.6 Å². The lowest BCUT2D eigenvalue weighted by molar-refractivity contribution is -0.112. The highest BCUT2D eigenvalue weighted by molar-refractivity contribution is 7.13. The number of rotatable bonds is 4. The third-order valence-electron chi connectivity index (χ3n) is 3.66. The zero-order chi connectivity index (χ0) is 16.6.